The summed E-state index contributed by atoms with van der Waals surface area (Å²) < 4.78 is 10.1. The average molecular weight is 255 g/mol. The van der Waals surface area contributed by atoms with E-state index in [2.05, 4.69) is 0 Å². The molecule has 0 aromatic heterocycles. The van der Waals surface area contributed by atoms with Crippen LogP contribution in [0.15, 0.2) is 18.2 Å². The molecule has 0 radical (unpaired) electrons. The Morgan fingerprint density at radius 3 is 2.59 bits per heavy atom. The number of methoxy groups -OCH3 is 2. The molecule has 1 aliphatic rings. The number of esters is 1. The van der Waals surface area contributed by atoms with Crippen LogP contribution in [0.3, 0.4) is 0 Å². The summed E-state index contributed by atoms with van der Waals surface area (Å²) in [7, 11) is 3.03. The van der Waals surface area contributed by atoms with Crippen LogP contribution in [-0.2, 0) is 20.8 Å². The van der Waals surface area contributed by atoms with Crippen LogP contribution >= 0.6 is 11.6 Å². The zero-order valence-corrected chi connectivity index (χ0v) is 10.7. The van der Waals surface area contributed by atoms with Crippen molar-refractivity contribution in [1.29, 1.82) is 0 Å². The number of alkyl halides is 1. The summed E-state index contributed by atoms with van der Waals surface area (Å²) in [6.07, 6.45) is 1.68. The van der Waals surface area contributed by atoms with Gasteiger partial charge in [-0.3, -0.25) is 4.79 Å². The number of ether oxygens (including phenoxy) is 2. The SMILES string of the molecule is COC(=O)C1(c2ccc(OC)c(CCl)c2)CC1. The van der Waals surface area contributed by atoms with Gasteiger partial charge in [0.05, 0.1) is 25.5 Å². The molecule has 0 unspecified atom stereocenters. The average Bonchev–Trinajstić information content (AvgIpc) is 3.18. The van der Waals surface area contributed by atoms with E-state index in [4.69, 9.17) is 21.1 Å². The van der Waals surface area contributed by atoms with E-state index >= 15 is 0 Å². The lowest BCUT2D eigenvalue weighted by Gasteiger charge is -2.15. The highest BCUT2D eigenvalue weighted by Gasteiger charge is 2.52. The first kappa shape index (κ1) is 12.2. The van der Waals surface area contributed by atoms with Gasteiger partial charge in [-0.2, -0.15) is 0 Å². The minimum atomic E-state index is -0.443. The van der Waals surface area contributed by atoms with Crippen molar-refractivity contribution in [2.75, 3.05) is 14.2 Å². The van der Waals surface area contributed by atoms with Crippen LogP contribution in [0, 0.1) is 0 Å². The lowest BCUT2D eigenvalue weighted by atomic mass is 9.94. The lowest BCUT2D eigenvalue weighted by molar-refractivity contribution is -0.143. The van der Waals surface area contributed by atoms with Gasteiger partial charge >= 0.3 is 5.97 Å². The van der Waals surface area contributed by atoms with Gasteiger partial charge < -0.3 is 9.47 Å². The Kier molecular flexibility index (Phi) is 3.29. The molecule has 0 heterocycles. The smallest absolute Gasteiger partial charge is 0.316 e. The summed E-state index contributed by atoms with van der Waals surface area (Å²) in [6, 6.07) is 5.71. The highest BCUT2D eigenvalue weighted by molar-refractivity contribution is 6.17. The van der Waals surface area contributed by atoms with Gasteiger partial charge in [-0.15, -0.1) is 11.6 Å². The molecule has 0 amide bonds. The quantitative estimate of drug-likeness (QED) is 0.612. The minimum absolute atomic E-state index is 0.164. The number of benzene rings is 1. The molecule has 1 fully saturated rings. The molecule has 0 N–H and O–H groups in total. The van der Waals surface area contributed by atoms with E-state index in [1.165, 1.54) is 7.11 Å². The minimum Gasteiger partial charge on any atom is -0.496 e. The molecular weight excluding hydrogens is 240 g/mol. The largest absolute Gasteiger partial charge is 0.496 e. The van der Waals surface area contributed by atoms with Gasteiger partial charge in [-0.25, -0.2) is 0 Å². The summed E-state index contributed by atoms with van der Waals surface area (Å²) in [5.74, 6) is 0.960. The summed E-state index contributed by atoms with van der Waals surface area (Å²) >= 11 is 5.87. The van der Waals surface area contributed by atoms with Crippen LogP contribution in [0.2, 0.25) is 0 Å². The molecule has 92 valence electrons. The number of halogens is 1. The number of carbonyl (C=O) groups excluding carboxylic acids is 1. The zero-order chi connectivity index (χ0) is 12.5. The van der Waals surface area contributed by atoms with Gasteiger partial charge in [0.25, 0.3) is 0 Å². The monoisotopic (exact) mass is 254 g/mol. The highest BCUT2D eigenvalue weighted by Crippen LogP contribution is 2.49. The molecule has 17 heavy (non-hydrogen) atoms. The summed E-state index contributed by atoms with van der Waals surface area (Å²) in [5, 5.41) is 0. The van der Waals surface area contributed by atoms with Gasteiger partial charge in [-0.05, 0) is 30.5 Å². The predicted molar refractivity (Wildman–Crippen MR) is 65.5 cm³/mol. The molecule has 1 aromatic carbocycles. The Morgan fingerprint density at radius 2 is 2.12 bits per heavy atom. The molecule has 4 heteroatoms. The Morgan fingerprint density at radius 1 is 1.41 bits per heavy atom. The van der Waals surface area contributed by atoms with E-state index in [1.54, 1.807) is 7.11 Å². The molecule has 1 saturated carbocycles. The van der Waals surface area contributed by atoms with E-state index < -0.39 is 5.41 Å². The fourth-order valence-corrected chi connectivity index (χ4v) is 2.32. The van der Waals surface area contributed by atoms with Gasteiger partial charge in [0, 0.05) is 5.56 Å². The van der Waals surface area contributed by atoms with E-state index in [-0.39, 0.29) is 5.97 Å². The molecule has 3 nitrogen and oxygen atoms in total. The van der Waals surface area contributed by atoms with E-state index in [9.17, 15) is 4.79 Å². The third-order valence-electron chi connectivity index (χ3n) is 3.30. The summed E-state index contributed by atoms with van der Waals surface area (Å²) in [5.41, 5.74) is 1.43. The first-order valence-electron chi connectivity index (χ1n) is 5.49. The Bertz CT molecular complexity index is 438. The molecule has 0 saturated heterocycles. The Labute approximate surface area is 106 Å². The van der Waals surface area contributed by atoms with Gasteiger partial charge in [0.15, 0.2) is 0 Å². The van der Waals surface area contributed by atoms with Gasteiger partial charge in [0.2, 0.25) is 0 Å². The Balaban J connectivity index is 2.37. The van der Waals surface area contributed by atoms with Crippen molar-refractivity contribution in [3.8, 4) is 5.75 Å². The first-order chi connectivity index (χ1) is 8.17. The van der Waals surface area contributed by atoms with Gasteiger partial charge in [0.1, 0.15) is 5.75 Å². The molecule has 0 bridgehead atoms. The van der Waals surface area contributed by atoms with Crippen molar-refractivity contribution in [2.45, 2.75) is 24.1 Å². The van der Waals surface area contributed by atoms with Crippen molar-refractivity contribution in [3.63, 3.8) is 0 Å². The first-order valence-corrected chi connectivity index (χ1v) is 6.03. The van der Waals surface area contributed by atoms with Crippen LogP contribution in [0.5, 0.6) is 5.75 Å². The third-order valence-corrected chi connectivity index (χ3v) is 3.59. The molecule has 0 aliphatic heterocycles. The van der Waals surface area contributed by atoms with Crippen molar-refractivity contribution < 1.29 is 14.3 Å². The predicted octanol–water partition coefficient (Wildman–Crippen LogP) is 2.64. The molecule has 0 spiro atoms. The second-order valence-electron chi connectivity index (χ2n) is 4.23. The van der Waals surface area contributed by atoms with Crippen LogP contribution in [0.25, 0.3) is 0 Å². The molecule has 1 aromatic rings. The normalized spacial score (nSPS) is 16.4. The maximum atomic E-state index is 11.8. The maximum Gasteiger partial charge on any atom is 0.316 e. The summed E-state index contributed by atoms with van der Waals surface area (Å²) in [6.45, 7) is 0. The molecular formula is C13H15ClO3. The van der Waals surface area contributed by atoms with E-state index in [1.807, 2.05) is 18.2 Å². The number of carbonyl (C=O) groups is 1. The second-order valence-corrected chi connectivity index (χ2v) is 4.50. The fraction of sp³-hybridized carbons (Fsp3) is 0.462. The van der Waals surface area contributed by atoms with Crippen LogP contribution in [0.4, 0.5) is 0 Å². The summed E-state index contributed by atoms with van der Waals surface area (Å²) in [4.78, 5) is 11.8. The van der Waals surface area contributed by atoms with Crippen LogP contribution in [-0.4, -0.2) is 20.2 Å². The van der Waals surface area contributed by atoms with E-state index in [0.29, 0.717) is 5.88 Å². The lowest BCUT2D eigenvalue weighted by Crippen LogP contribution is -2.22. The van der Waals surface area contributed by atoms with Crippen molar-refractivity contribution in [3.05, 3.63) is 29.3 Å². The van der Waals surface area contributed by atoms with Crippen molar-refractivity contribution in [2.24, 2.45) is 0 Å². The van der Waals surface area contributed by atoms with Crippen LogP contribution in [0.1, 0.15) is 24.0 Å². The molecule has 0 atom stereocenters. The standard InChI is InChI=1S/C13H15ClO3/c1-16-11-4-3-10(7-9(11)8-14)13(5-6-13)12(15)17-2/h3-4,7H,5-6,8H2,1-2H3. The van der Waals surface area contributed by atoms with Crippen LogP contribution < -0.4 is 4.74 Å². The fourth-order valence-electron chi connectivity index (χ4n) is 2.11. The van der Waals surface area contributed by atoms with Crippen molar-refractivity contribution >= 4 is 17.6 Å². The number of hydrogen-bond acceptors (Lipinski definition) is 3. The highest BCUT2D eigenvalue weighted by atomic mass is 35.5. The number of rotatable bonds is 4. The van der Waals surface area contributed by atoms with E-state index in [0.717, 1.165) is 29.7 Å². The second kappa shape index (κ2) is 4.57. The third kappa shape index (κ3) is 2.00. The molecule has 1 aliphatic carbocycles. The number of hydrogen-bond donors (Lipinski definition) is 0. The molecule has 2 rings (SSSR count). The van der Waals surface area contributed by atoms with Crippen molar-refractivity contribution in [1.82, 2.24) is 0 Å². The maximum absolute atomic E-state index is 11.8. The topological polar surface area (TPSA) is 35.5 Å². The Hall–Kier alpha value is -1.22. The zero-order valence-electron chi connectivity index (χ0n) is 9.96. The van der Waals surface area contributed by atoms with Gasteiger partial charge in [-0.1, -0.05) is 6.07 Å².